The molecule has 0 radical (unpaired) electrons. The van der Waals surface area contributed by atoms with Gasteiger partial charge in [0.2, 0.25) is 5.91 Å². The van der Waals surface area contributed by atoms with Crippen LogP contribution in [-0.2, 0) is 11.2 Å². The van der Waals surface area contributed by atoms with Crippen molar-refractivity contribution in [3.8, 4) is 0 Å². The Balaban J connectivity index is 1.72. The average Bonchev–Trinajstić information content (AvgIpc) is 3.07. The van der Waals surface area contributed by atoms with Crippen LogP contribution in [0.3, 0.4) is 0 Å². The molecule has 122 valence electrons. The molecule has 1 fully saturated rings. The lowest BCUT2D eigenvalue weighted by Gasteiger charge is -2.22. The monoisotopic (exact) mass is 322 g/mol. The van der Waals surface area contributed by atoms with Crippen LogP contribution in [-0.4, -0.2) is 47.8 Å². The molecule has 0 saturated carbocycles. The molecule has 1 aliphatic heterocycles. The quantitative estimate of drug-likeness (QED) is 0.646. The van der Waals surface area contributed by atoms with Gasteiger partial charge in [-0.2, -0.15) is 11.8 Å². The molecule has 1 aromatic rings. The maximum atomic E-state index is 12.1. The van der Waals surface area contributed by atoms with E-state index in [2.05, 4.69) is 22.8 Å². The van der Waals surface area contributed by atoms with Gasteiger partial charge in [0.1, 0.15) is 0 Å². The summed E-state index contributed by atoms with van der Waals surface area (Å²) in [6.45, 7) is 1.89. The molecule has 2 unspecified atom stereocenters. The second kappa shape index (κ2) is 9.87. The minimum Gasteiger partial charge on any atom is -0.396 e. The van der Waals surface area contributed by atoms with Gasteiger partial charge in [0.15, 0.2) is 0 Å². The normalized spacial score (nSPS) is 19.0. The van der Waals surface area contributed by atoms with Crippen molar-refractivity contribution in [2.75, 3.05) is 25.4 Å². The number of amides is 1. The number of benzene rings is 1. The van der Waals surface area contributed by atoms with Crippen molar-refractivity contribution in [2.45, 2.75) is 37.0 Å². The standard InChI is InChI=1S/C17H26N2O2S/c20-11-12-22-16(15-7-4-9-18-15)13-17(21)19-10-8-14-5-2-1-3-6-14/h1-3,5-6,15-16,18,20H,4,7-13H2,(H,19,21). The van der Waals surface area contributed by atoms with E-state index in [0.29, 0.717) is 24.8 Å². The maximum absolute atomic E-state index is 12.1. The summed E-state index contributed by atoms with van der Waals surface area (Å²) in [5, 5.41) is 15.8. The number of thioether (sulfide) groups is 1. The molecule has 0 spiro atoms. The van der Waals surface area contributed by atoms with Crippen molar-refractivity contribution in [1.82, 2.24) is 10.6 Å². The van der Waals surface area contributed by atoms with Gasteiger partial charge < -0.3 is 15.7 Å². The van der Waals surface area contributed by atoms with Crippen LogP contribution in [0, 0.1) is 0 Å². The van der Waals surface area contributed by atoms with E-state index in [1.54, 1.807) is 11.8 Å². The van der Waals surface area contributed by atoms with Gasteiger partial charge in [-0.05, 0) is 31.4 Å². The Morgan fingerprint density at radius 3 is 2.91 bits per heavy atom. The molecule has 1 amide bonds. The van der Waals surface area contributed by atoms with E-state index in [1.165, 1.54) is 12.0 Å². The third-order valence-electron chi connectivity index (χ3n) is 3.94. The maximum Gasteiger partial charge on any atom is 0.221 e. The molecule has 1 heterocycles. The Bertz CT molecular complexity index is 436. The molecule has 1 aromatic carbocycles. The Hall–Kier alpha value is -1.04. The van der Waals surface area contributed by atoms with Crippen LogP contribution < -0.4 is 10.6 Å². The highest BCUT2D eigenvalue weighted by Gasteiger charge is 2.26. The van der Waals surface area contributed by atoms with E-state index >= 15 is 0 Å². The predicted octanol–water partition coefficient (Wildman–Crippen LogP) is 1.58. The summed E-state index contributed by atoms with van der Waals surface area (Å²) < 4.78 is 0. The van der Waals surface area contributed by atoms with E-state index in [4.69, 9.17) is 5.11 Å². The SMILES string of the molecule is O=C(CC(SCCO)C1CCCN1)NCCc1ccccc1. The highest BCUT2D eigenvalue weighted by molar-refractivity contribution is 8.00. The van der Waals surface area contributed by atoms with E-state index in [9.17, 15) is 4.79 Å². The summed E-state index contributed by atoms with van der Waals surface area (Å²) in [7, 11) is 0. The number of nitrogens with one attached hydrogen (secondary N) is 2. The second-order valence-corrected chi connectivity index (χ2v) is 6.97. The summed E-state index contributed by atoms with van der Waals surface area (Å²) in [4.78, 5) is 12.1. The predicted molar refractivity (Wildman–Crippen MR) is 92.1 cm³/mol. The smallest absolute Gasteiger partial charge is 0.221 e. The van der Waals surface area contributed by atoms with Crippen molar-refractivity contribution < 1.29 is 9.90 Å². The van der Waals surface area contributed by atoms with Crippen LogP contribution in [0.5, 0.6) is 0 Å². The molecule has 1 saturated heterocycles. The van der Waals surface area contributed by atoms with Gasteiger partial charge in [-0.15, -0.1) is 0 Å². The summed E-state index contributed by atoms with van der Waals surface area (Å²) >= 11 is 1.70. The summed E-state index contributed by atoms with van der Waals surface area (Å²) in [5.41, 5.74) is 1.24. The molecule has 3 N–H and O–H groups in total. The van der Waals surface area contributed by atoms with Gasteiger partial charge in [0.25, 0.3) is 0 Å². The second-order valence-electron chi connectivity index (χ2n) is 5.63. The molecule has 0 aliphatic carbocycles. The van der Waals surface area contributed by atoms with E-state index in [-0.39, 0.29) is 17.8 Å². The number of hydrogen-bond acceptors (Lipinski definition) is 4. The summed E-state index contributed by atoms with van der Waals surface area (Å²) in [6.07, 6.45) is 3.69. The molecule has 2 rings (SSSR count). The van der Waals surface area contributed by atoms with E-state index in [1.807, 2.05) is 18.2 Å². The van der Waals surface area contributed by atoms with Crippen LogP contribution >= 0.6 is 11.8 Å². The highest BCUT2D eigenvalue weighted by atomic mass is 32.2. The third-order valence-corrected chi connectivity index (χ3v) is 5.28. The fourth-order valence-electron chi connectivity index (χ4n) is 2.80. The molecule has 22 heavy (non-hydrogen) atoms. The molecular formula is C17H26N2O2S. The van der Waals surface area contributed by atoms with Crippen LogP contribution in [0.15, 0.2) is 30.3 Å². The van der Waals surface area contributed by atoms with Gasteiger partial charge in [0, 0.05) is 30.0 Å². The molecule has 0 aromatic heterocycles. The molecule has 1 aliphatic rings. The Morgan fingerprint density at radius 2 is 2.23 bits per heavy atom. The van der Waals surface area contributed by atoms with Crippen LogP contribution in [0.2, 0.25) is 0 Å². The molecular weight excluding hydrogens is 296 g/mol. The lowest BCUT2D eigenvalue weighted by molar-refractivity contribution is -0.121. The van der Waals surface area contributed by atoms with Gasteiger partial charge in [-0.1, -0.05) is 30.3 Å². The van der Waals surface area contributed by atoms with Gasteiger partial charge >= 0.3 is 0 Å². The Labute approximate surface area is 137 Å². The Kier molecular flexibility index (Phi) is 7.77. The zero-order chi connectivity index (χ0) is 15.6. The average molecular weight is 322 g/mol. The van der Waals surface area contributed by atoms with E-state index in [0.717, 1.165) is 19.4 Å². The van der Waals surface area contributed by atoms with Crippen LogP contribution in [0.1, 0.15) is 24.8 Å². The highest BCUT2D eigenvalue weighted by Crippen LogP contribution is 2.23. The number of carbonyl (C=O) groups is 1. The topological polar surface area (TPSA) is 61.4 Å². The van der Waals surface area contributed by atoms with Crippen molar-refractivity contribution in [2.24, 2.45) is 0 Å². The summed E-state index contributed by atoms with van der Waals surface area (Å²) in [6, 6.07) is 10.6. The lowest BCUT2D eigenvalue weighted by Crippen LogP contribution is -2.38. The molecule has 4 nitrogen and oxygen atoms in total. The number of hydrogen-bond donors (Lipinski definition) is 3. The first-order valence-corrected chi connectivity index (χ1v) is 9.11. The van der Waals surface area contributed by atoms with Crippen molar-refractivity contribution >= 4 is 17.7 Å². The first-order chi connectivity index (χ1) is 10.8. The molecule has 2 atom stereocenters. The zero-order valence-corrected chi connectivity index (χ0v) is 13.8. The van der Waals surface area contributed by atoms with Gasteiger partial charge in [0.05, 0.1) is 6.61 Å². The number of aliphatic hydroxyl groups excluding tert-OH is 1. The third kappa shape index (κ3) is 5.99. The number of carbonyl (C=O) groups excluding carboxylic acids is 1. The lowest BCUT2D eigenvalue weighted by atomic mass is 10.1. The Morgan fingerprint density at radius 1 is 1.41 bits per heavy atom. The van der Waals surface area contributed by atoms with E-state index < -0.39 is 0 Å². The van der Waals surface area contributed by atoms with Crippen LogP contribution in [0.25, 0.3) is 0 Å². The molecule has 5 heteroatoms. The minimum atomic E-state index is 0.111. The van der Waals surface area contributed by atoms with Crippen molar-refractivity contribution in [1.29, 1.82) is 0 Å². The zero-order valence-electron chi connectivity index (χ0n) is 13.0. The number of aliphatic hydroxyl groups is 1. The van der Waals surface area contributed by atoms with Crippen molar-refractivity contribution in [3.05, 3.63) is 35.9 Å². The fourth-order valence-corrected chi connectivity index (χ4v) is 3.94. The van der Waals surface area contributed by atoms with Crippen LogP contribution in [0.4, 0.5) is 0 Å². The minimum absolute atomic E-state index is 0.111. The fraction of sp³-hybridized carbons (Fsp3) is 0.588. The number of rotatable bonds is 9. The van der Waals surface area contributed by atoms with Crippen molar-refractivity contribution in [3.63, 3.8) is 0 Å². The van der Waals surface area contributed by atoms with Gasteiger partial charge in [-0.25, -0.2) is 0 Å². The molecule has 0 bridgehead atoms. The summed E-state index contributed by atoms with van der Waals surface area (Å²) in [5.74, 6) is 0.806. The first kappa shape index (κ1) is 17.3. The largest absolute Gasteiger partial charge is 0.396 e. The van der Waals surface area contributed by atoms with Gasteiger partial charge in [-0.3, -0.25) is 4.79 Å². The first-order valence-electron chi connectivity index (χ1n) is 8.06.